The largest absolute Gasteiger partial charge is 0.493 e. The van der Waals surface area contributed by atoms with E-state index in [1.807, 2.05) is 6.92 Å². The Hall–Kier alpha value is -2.38. The summed E-state index contributed by atoms with van der Waals surface area (Å²) in [5.74, 6) is 0.114. The minimum atomic E-state index is -3.59. The first-order chi connectivity index (χ1) is 11.4. The van der Waals surface area contributed by atoms with Gasteiger partial charge in [0, 0.05) is 5.69 Å². The van der Waals surface area contributed by atoms with Crippen LogP contribution in [0.25, 0.3) is 0 Å². The number of anilines is 1. The third-order valence-corrected chi connectivity index (χ3v) is 4.99. The van der Waals surface area contributed by atoms with Crippen LogP contribution in [0.3, 0.4) is 0 Å². The van der Waals surface area contributed by atoms with Crippen LogP contribution in [-0.4, -0.2) is 28.0 Å². The number of ether oxygens (including phenoxy) is 1. The molecule has 1 amide bonds. The lowest BCUT2D eigenvalue weighted by atomic mass is 10.1. The molecule has 0 radical (unpaired) electrons. The molecule has 0 spiro atoms. The second-order valence-electron chi connectivity index (χ2n) is 5.07. The Bertz CT molecular complexity index is 847. The number of nitrogens with one attached hydrogen (secondary N) is 2. The summed E-state index contributed by atoms with van der Waals surface area (Å²) in [6.45, 7) is 3.98. The number of rotatable bonds is 6. The van der Waals surface area contributed by atoms with Crippen molar-refractivity contribution < 1.29 is 17.9 Å². The molecule has 0 unspecified atom stereocenters. The van der Waals surface area contributed by atoms with Crippen LogP contribution in [0, 0.1) is 6.92 Å². The van der Waals surface area contributed by atoms with Crippen LogP contribution in [0.15, 0.2) is 47.4 Å². The van der Waals surface area contributed by atoms with Crippen LogP contribution in [-0.2, 0) is 10.0 Å². The molecule has 2 N–H and O–H groups in total. The zero-order valence-electron chi connectivity index (χ0n) is 13.8. The fourth-order valence-electron chi connectivity index (χ4n) is 2.21. The average Bonchev–Trinajstić information content (AvgIpc) is 2.57. The van der Waals surface area contributed by atoms with Gasteiger partial charge in [-0.3, -0.25) is 4.79 Å². The monoisotopic (exact) mass is 348 g/mol. The Morgan fingerprint density at radius 3 is 2.54 bits per heavy atom. The van der Waals surface area contributed by atoms with Crippen molar-refractivity contribution in [2.24, 2.45) is 0 Å². The molecule has 0 aromatic heterocycles. The lowest BCUT2D eigenvalue weighted by Crippen LogP contribution is -2.20. The predicted octanol–water partition coefficient (Wildman–Crippen LogP) is 2.55. The maximum Gasteiger partial charge on any atom is 0.259 e. The lowest BCUT2D eigenvalue weighted by molar-refractivity contribution is 0.102. The lowest BCUT2D eigenvalue weighted by Gasteiger charge is -2.12. The van der Waals surface area contributed by atoms with Crippen LogP contribution >= 0.6 is 0 Å². The molecule has 0 aliphatic rings. The molecule has 0 saturated heterocycles. The highest BCUT2D eigenvalue weighted by atomic mass is 32.2. The van der Waals surface area contributed by atoms with Crippen molar-refractivity contribution in [3.63, 3.8) is 0 Å². The summed E-state index contributed by atoms with van der Waals surface area (Å²) in [4.78, 5) is 12.6. The molecule has 0 heterocycles. The number of carbonyl (C=O) groups is 1. The van der Waals surface area contributed by atoms with Gasteiger partial charge >= 0.3 is 0 Å². The zero-order chi connectivity index (χ0) is 17.7. The van der Waals surface area contributed by atoms with Crippen molar-refractivity contribution in [1.82, 2.24) is 4.72 Å². The van der Waals surface area contributed by atoms with E-state index >= 15 is 0 Å². The number of sulfonamides is 1. The summed E-state index contributed by atoms with van der Waals surface area (Å²) in [7, 11) is -2.25. The van der Waals surface area contributed by atoms with E-state index in [0.29, 0.717) is 29.2 Å². The molecular weight excluding hydrogens is 328 g/mol. The Morgan fingerprint density at radius 1 is 1.17 bits per heavy atom. The van der Waals surface area contributed by atoms with Crippen molar-refractivity contribution in [3.05, 3.63) is 53.6 Å². The first-order valence-electron chi connectivity index (χ1n) is 7.46. The van der Waals surface area contributed by atoms with Crippen molar-refractivity contribution in [1.29, 1.82) is 0 Å². The summed E-state index contributed by atoms with van der Waals surface area (Å²) in [5.41, 5.74) is 1.38. The second-order valence-corrected chi connectivity index (χ2v) is 6.93. The molecule has 0 fully saturated rings. The summed E-state index contributed by atoms with van der Waals surface area (Å²) in [6.07, 6.45) is 0. The summed E-state index contributed by atoms with van der Waals surface area (Å²) >= 11 is 0. The molecule has 0 aliphatic heterocycles. The van der Waals surface area contributed by atoms with Crippen molar-refractivity contribution in [2.75, 3.05) is 19.0 Å². The number of hydrogen-bond donors (Lipinski definition) is 2. The molecule has 2 aromatic carbocycles. The van der Waals surface area contributed by atoms with E-state index in [9.17, 15) is 13.2 Å². The van der Waals surface area contributed by atoms with Gasteiger partial charge in [0.2, 0.25) is 10.0 Å². The fraction of sp³-hybridized carbons (Fsp3) is 0.235. The smallest absolute Gasteiger partial charge is 0.259 e. The van der Waals surface area contributed by atoms with Crippen molar-refractivity contribution in [3.8, 4) is 5.75 Å². The molecule has 2 rings (SSSR count). The van der Waals surface area contributed by atoms with E-state index in [-0.39, 0.29) is 10.8 Å². The van der Waals surface area contributed by atoms with Gasteiger partial charge in [-0.15, -0.1) is 0 Å². The molecule has 6 nitrogen and oxygen atoms in total. The highest BCUT2D eigenvalue weighted by Crippen LogP contribution is 2.23. The van der Waals surface area contributed by atoms with E-state index in [0.717, 1.165) is 0 Å². The quantitative estimate of drug-likeness (QED) is 0.840. The normalized spacial score (nSPS) is 11.1. The number of para-hydroxylation sites is 1. The second kappa shape index (κ2) is 7.46. The Labute approximate surface area is 141 Å². The topological polar surface area (TPSA) is 84.5 Å². The van der Waals surface area contributed by atoms with Gasteiger partial charge in [-0.1, -0.05) is 18.2 Å². The Kier molecular flexibility index (Phi) is 5.58. The van der Waals surface area contributed by atoms with E-state index in [4.69, 9.17) is 4.74 Å². The summed E-state index contributed by atoms with van der Waals surface area (Å²) < 4.78 is 31.8. The zero-order valence-corrected chi connectivity index (χ0v) is 14.6. The van der Waals surface area contributed by atoms with Gasteiger partial charge in [0.25, 0.3) is 5.91 Å². The van der Waals surface area contributed by atoms with Gasteiger partial charge in [0.05, 0.1) is 17.1 Å². The third-order valence-electron chi connectivity index (χ3n) is 3.44. The molecule has 0 saturated carbocycles. The number of carbonyl (C=O) groups excluding carboxylic acids is 1. The highest BCUT2D eigenvalue weighted by molar-refractivity contribution is 7.89. The number of hydrogen-bond acceptors (Lipinski definition) is 4. The van der Waals surface area contributed by atoms with Crippen LogP contribution in [0.4, 0.5) is 5.69 Å². The van der Waals surface area contributed by atoms with Gasteiger partial charge in [-0.25, -0.2) is 13.1 Å². The average molecular weight is 348 g/mol. The SMILES string of the molecule is CCOc1ccccc1C(=O)Nc1ccc(C)c(S(=O)(=O)NC)c1. The van der Waals surface area contributed by atoms with Gasteiger partial charge < -0.3 is 10.1 Å². The Morgan fingerprint density at radius 2 is 1.88 bits per heavy atom. The van der Waals surface area contributed by atoms with E-state index in [1.165, 1.54) is 13.1 Å². The molecule has 0 atom stereocenters. The van der Waals surface area contributed by atoms with Crippen LogP contribution in [0.1, 0.15) is 22.8 Å². The van der Waals surface area contributed by atoms with Gasteiger partial charge in [0.1, 0.15) is 5.75 Å². The fourth-order valence-corrected chi connectivity index (χ4v) is 3.21. The number of benzene rings is 2. The Balaban J connectivity index is 2.32. The standard InChI is InChI=1S/C17H20N2O4S/c1-4-23-15-8-6-5-7-14(15)17(20)19-13-10-9-12(2)16(11-13)24(21,22)18-3/h5-11,18H,4H2,1-3H3,(H,19,20). The molecule has 0 bridgehead atoms. The summed E-state index contributed by atoms with van der Waals surface area (Å²) in [5, 5.41) is 2.71. The van der Waals surface area contributed by atoms with Crippen LogP contribution in [0.5, 0.6) is 5.75 Å². The molecule has 128 valence electrons. The maximum atomic E-state index is 12.5. The van der Waals surface area contributed by atoms with Gasteiger partial charge in [-0.05, 0) is 50.7 Å². The first-order valence-corrected chi connectivity index (χ1v) is 8.94. The molecule has 24 heavy (non-hydrogen) atoms. The first kappa shape index (κ1) is 18.0. The minimum absolute atomic E-state index is 0.126. The van der Waals surface area contributed by atoms with Crippen molar-refractivity contribution >= 4 is 21.6 Å². The molecule has 0 aliphatic carbocycles. The summed E-state index contributed by atoms with van der Waals surface area (Å²) in [6, 6.07) is 11.6. The maximum absolute atomic E-state index is 12.5. The molecule has 2 aromatic rings. The molecular formula is C17H20N2O4S. The van der Waals surface area contributed by atoms with Gasteiger partial charge in [0.15, 0.2) is 0 Å². The van der Waals surface area contributed by atoms with Gasteiger partial charge in [-0.2, -0.15) is 0 Å². The van der Waals surface area contributed by atoms with E-state index < -0.39 is 10.0 Å². The number of aryl methyl sites for hydroxylation is 1. The van der Waals surface area contributed by atoms with Crippen LogP contribution in [0.2, 0.25) is 0 Å². The molecule has 7 heteroatoms. The van der Waals surface area contributed by atoms with Crippen molar-refractivity contribution in [2.45, 2.75) is 18.7 Å². The van der Waals surface area contributed by atoms with Crippen LogP contribution < -0.4 is 14.8 Å². The highest BCUT2D eigenvalue weighted by Gasteiger charge is 2.17. The van der Waals surface area contributed by atoms with E-state index in [2.05, 4.69) is 10.0 Å². The minimum Gasteiger partial charge on any atom is -0.493 e. The predicted molar refractivity (Wildman–Crippen MR) is 93.0 cm³/mol. The number of amides is 1. The third kappa shape index (κ3) is 3.93. The van der Waals surface area contributed by atoms with E-state index in [1.54, 1.807) is 43.3 Å².